The molecule has 1 aromatic carbocycles. The topological polar surface area (TPSA) is 104 Å². The predicted octanol–water partition coefficient (Wildman–Crippen LogP) is 1.99. The largest absolute Gasteiger partial charge is 0.478 e. The summed E-state index contributed by atoms with van der Waals surface area (Å²) in [5.41, 5.74) is -0.495. The smallest absolute Gasteiger partial charge is 0.335 e. The van der Waals surface area contributed by atoms with Crippen LogP contribution in [0.3, 0.4) is 0 Å². The van der Waals surface area contributed by atoms with Gasteiger partial charge in [-0.3, -0.25) is 4.79 Å². The van der Waals surface area contributed by atoms with Gasteiger partial charge >= 0.3 is 5.97 Å². The van der Waals surface area contributed by atoms with Gasteiger partial charge in [-0.25, -0.2) is 22.3 Å². The molecule has 148 valence electrons. The number of nitrogens with one attached hydrogen (secondary N) is 1. The van der Waals surface area contributed by atoms with Gasteiger partial charge in [-0.05, 0) is 43.9 Å². The zero-order chi connectivity index (χ0) is 19.6. The van der Waals surface area contributed by atoms with Crippen molar-refractivity contribution < 1.29 is 27.5 Å². The van der Waals surface area contributed by atoms with Gasteiger partial charge in [-0.1, -0.05) is 12.8 Å². The molecule has 27 heavy (non-hydrogen) atoms. The summed E-state index contributed by atoms with van der Waals surface area (Å²) in [7, 11) is -3.56. The van der Waals surface area contributed by atoms with Crippen molar-refractivity contribution in [1.29, 1.82) is 0 Å². The number of benzene rings is 1. The first-order valence-corrected chi connectivity index (χ1v) is 10.7. The number of carbonyl (C=O) groups is 2. The number of sulfonamides is 1. The Morgan fingerprint density at radius 3 is 2.48 bits per heavy atom. The van der Waals surface area contributed by atoms with Gasteiger partial charge in [0, 0.05) is 19.1 Å². The minimum Gasteiger partial charge on any atom is -0.478 e. The van der Waals surface area contributed by atoms with E-state index < -0.39 is 33.0 Å². The number of aromatic carboxylic acids is 1. The first-order chi connectivity index (χ1) is 12.8. The van der Waals surface area contributed by atoms with Crippen LogP contribution >= 0.6 is 0 Å². The number of amides is 1. The molecule has 9 heteroatoms. The number of carbonyl (C=O) groups excluding carboxylic acids is 1. The molecule has 1 amide bonds. The van der Waals surface area contributed by atoms with E-state index in [0.29, 0.717) is 19.4 Å². The summed E-state index contributed by atoms with van der Waals surface area (Å²) in [5, 5.41) is 8.17. The van der Waals surface area contributed by atoms with E-state index in [1.165, 1.54) is 11.0 Å². The third-order valence-electron chi connectivity index (χ3n) is 5.24. The van der Waals surface area contributed by atoms with Crippen molar-refractivity contribution in [2.24, 2.45) is 0 Å². The Bertz CT molecular complexity index is 836. The SMILES string of the molecule is O=C(O)c1ccc(C(=O)N2CCCC(S(=O)(=O)NC3CCCC3)C2)c(F)c1. The van der Waals surface area contributed by atoms with Crippen LogP contribution in [-0.4, -0.2) is 54.7 Å². The summed E-state index contributed by atoms with van der Waals surface area (Å²) in [4.78, 5) is 24.9. The summed E-state index contributed by atoms with van der Waals surface area (Å²) in [6.07, 6.45) is 4.64. The third kappa shape index (κ3) is 4.47. The second-order valence-corrected chi connectivity index (χ2v) is 9.15. The van der Waals surface area contributed by atoms with Crippen LogP contribution in [-0.2, 0) is 10.0 Å². The number of likely N-dealkylation sites (tertiary alicyclic amines) is 1. The van der Waals surface area contributed by atoms with Gasteiger partial charge in [0.1, 0.15) is 5.82 Å². The predicted molar refractivity (Wildman–Crippen MR) is 96.6 cm³/mol. The molecule has 7 nitrogen and oxygen atoms in total. The van der Waals surface area contributed by atoms with Crippen molar-refractivity contribution in [2.75, 3.05) is 13.1 Å². The van der Waals surface area contributed by atoms with E-state index in [1.807, 2.05) is 0 Å². The standard InChI is InChI=1S/C18H23FN2O5S/c19-16-10-12(18(23)24)7-8-15(16)17(22)21-9-3-6-14(11-21)27(25,26)20-13-4-1-2-5-13/h7-8,10,13-14,20H,1-6,9,11H2,(H,23,24). The normalized spacial score (nSPS) is 21.4. The maximum atomic E-state index is 14.2. The molecule has 1 saturated carbocycles. The fraction of sp³-hybridized carbons (Fsp3) is 0.556. The van der Waals surface area contributed by atoms with Crippen molar-refractivity contribution in [2.45, 2.75) is 49.8 Å². The minimum absolute atomic E-state index is 0.00100. The second-order valence-electron chi connectivity index (χ2n) is 7.16. The van der Waals surface area contributed by atoms with Crippen molar-refractivity contribution in [1.82, 2.24) is 9.62 Å². The molecule has 0 aromatic heterocycles. The first-order valence-electron chi connectivity index (χ1n) is 9.11. The van der Waals surface area contributed by atoms with E-state index in [0.717, 1.165) is 37.8 Å². The quantitative estimate of drug-likeness (QED) is 0.789. The van der Waals surface area contributed by atoms with Gasteiger partial charge in [0.25, 0.3) is 5.91 Å². The fourth-order valence-corrected chi connectivity index (χ4v) is 5.49. The lowest BCUT2D eigenvalue weighted by Gasteiger charge is -2.33. The van der Waals surface area contributed by atoms with Crippen LogP contribution in [0.15, 0.2) is 18.2 Å². The van der Waals surface area contributed by atoms with Gasteiger partial charge in [-0.2, -0.15) is 0 Å². The molecular weight excluding hydrogens is 375 g/mol. The highest BCUT2D eigenvalue weighted by atomic mass is 32.2. The average molecular weight is 398 g/mol. The van der Waals surface area contributed by atoms with Crippen molar-refractivity contribution in [3.05, 3.63) is 35.1 Å². The Hall–Kier alpha value is -2.00. The van der Waals surface area contributed by atoms with Gasteiger partial charge in [0.15, 0.2) is 0 Å². The molecule has 2 N–H and O–H groups in total. The van der Waals surface area contributed by atoms with E-state index in [1.54, 1.807) is 0 Å². The molecule has 1 aliphatic heterocycles. The maximum absolute atomic E-state index is 14.2. The van der Waals surface area contributed by atoms with Gasteiger partial charge in [-0.15, -0.1) is 0 Å². The molecule has 3 rings (SSSR count). The number of carboxylic acid groups (broad SMARTS) is 1. The van der Waals surface area contributed by atoms with Gasteiger partial charge in [0.2, 0.25) is 10.0 Å². The van der Waals surface area contributed by atoms with Crippen LogP contribution in [0.4, 0.5) is 4.39 Å². The monoisotopic (exact) mass is 398 g/mol. The third-order valence-corrected chi connectivity index (χ3v) is 7.16. The van der Waals surface area contributed by atoms with E-state index in [4.69, 9.17) is 5.11 Å². The summed E-state index contributed by atoms with van der Waals surface area (Å²) >= 11 is 0. The lowest BCUT2D eigenvalue weighted by Crippen LogP contribution is -2.50. The maximum Gasteiger partial charge on any atom is 0.335 e. The molecule has 1 unspecified atom stereocenters. The van der Waals surface area contributed by atoms with Crippen LogP contribution in [0.5, 0.6) is 0 Å². The average Bonchev–Trinajstić information content (AvgIpc) is 3.13. The number of nitrogens with zero attached hydrogens (tertiary/aromatic N) is 1. The summed E-state index contributed by atoms with van der Waals surface area (Å²) in [6, 6.07) is 3.06. The van der Waals surface area contributed by atoms with Crippen molar-refractivity contribution in [3.63, 3.8) is 0 Å². The van der Waals surface area contributed by atoms with Crippen LogP contribution in [0.25, 0.3) is 0 Å². The van der Waals surface area contributed by atoms with Crippen LogP contribution in [0, 0.1) is 5.82 Å². The second kappa shape index (κ2) is 7.93. The zero-order valence-corrected chi connectivity index (χ0v) is 15.7. The van der Waals surface area contributed by atoms with Gasteiger partial charge in [0.05, 0.1) is 16.4 Å². The molecule has 0 spiro atoms. The molecule has 2 aliphatic rings. The fourth-order valence-electron chi connectivity index (χ4n) is 3.74. The highest BCUT2D eigenvalue weighted by Crippen LogP contribution is 2.23. The number of halogens is 1. The molecule has 0 radical (unpaired) electrons. The van der Waals surface area contributed by atoms with E-state index in [9.17, 15) is 22.4 Å². The minimum atomic E-state index is -3.56. The van der Waals surface area contributed by atoms with Crippen LogP contribution in [0.2, 0.25) is 0 Å². The zero-order valence-electron chi connectivity index (χ0n) is 14.9. The molecular formula is C18H23FN2O5S. The number of piperidine rings is 1. The molecule has 1 heterocycles. The van der Waals surface area contributed by atoms with Crippen LogP contribution in [0.1, 0.15) is 59.2 Å². The lowest BCUT2D eigenvalue weighted by molar-refractivity contribution is 0.0689. The Labute approximate surface area is 157 Å². The van der Waals surface area contributed by atoms with Crippen molar-refractivity contribution in [3.8, 4) is 0 Å². The Kier molecular flexibility index (Phi) is 5.81. The summed E-state index contributed by atoms with van der Waals surface area (Å²) in [5.74, 6) is -2.82. The molecule has 1 aliphatic carbocycles. The summed E-state index contributed by atoms with van der Waals surface area (Å²) in [6.45, 7) is 0.343. The number of hydrogen-bond donors (Lipinski definition) is 2. The molecule has 0 bridgehead atoms. The molecule has 1 atom stereocenters. The highest BCUT2D eigenvalue weighted by molar-refractivity contribution is 7.90. The summed E-state index contributed by atoms with van der Waals surface area (Å²) < 4.78 is 42.2. The van der Waals surface area contributed by atoms with E-state index in [-0.39, 0.29) is 23.7 Å². The van der Waals surface area contributed by atoms with Gasteiger partial charge < -0.3 is 10.0 Å². The number of carboxylic acids is 1. The van der Waals surface area contributed by atoms with Crippen molar-refractivity contribution >= 4 is 21.9 Å². The Morgan fingerprint density at radius 2 is 1.85 bits per heavy atom. The number of hydrogen-bond acceptors (Lipinski definition) is 4. The van der Waals surface area contributed by atoms with E-state index >= 15 is 0 Å². The highest BCUT2D eigenvalue weighted by Gasteiger charge is 2.35. The Balaban J connectivity index is 1.72. The van der Waals surface area contributed by atoms with Crippen LogP contribution < -0.4 is 4.72 Å². The molecule has 1 saturated heterocycles. The van der Waals surface area contributed by atoms with E-state index in [2.05, 4.69) is 4.72 Å². The lowest BCUT2D eigenvalue weighted by atomic mass is 10.1. The first kappa shape index (κ1) is 19.8. The number of rotatable bonds is 5. The molecule has 1 aromatic rings. The Morgan fingerprint density at radius 1 is 1.15 bits per heavy atom. The molecule has 2 fully saturated rings.